The van der Waals surface area contributed by atoms with Gasteiger partial charge in [-0.05, 0) is 40.5 Å². The maximum atomic E-state index is 5.31. The summed E-state index contributed by atoms with van der Waals surface area (Å²) < 4.78 is 5.31. The van der Waals surface area contributed by atoms with Crippen LogP contribution in [0.3, 0.4) is 0 Å². The Morgan fingerprint density at radius 1 is 1.06 bits per heavy atom. The van der Waals surface area contributed by atoms with Crippen LogP contribution in [0.1, 0.15) is 47.5 Å². The summed E-state index contributed by atoms with van der Waals surface area (Å²) >= 11 is 0. The molecule has 2 N–H and O–H groups in total. The first kappa shape index (κ1) is 13.3. The van der Waals surface area contributed by atoms with Gasteiger partial charge in [-0.25, -0.2) is 0 Å². The summed E-state index contributed by atoms with van der Waals surface area (Å²) in [6.07, 6.45) is 2.40. The quantitative estimate of drug-likeness (QED) is 0.791. The van der Waals surface area contributed by atoms with E-state index in [-0.39, 0.29) is 11.1 Å². The first-order valence-electron chi connectivity index (χ1n) is 6.80. The van der Waals surface area contributed by atoms with Gasteiger partial charge < -0.3 is 15.4 Å². The summed E-state index contributed by atoms with van der Waals surface area (Å²) in [6.45, 7) is 14.4. The van der Waals surface area contributed by atoms with Crippen LogP contribution < -0.4 is 10.6 Å². The minimum atomic E-state index is 0.233. The van der Waals surface area contributed by atoms with Crippen LogP contribution in [0, 0.1) is 5.41 Å². The molecule has 0 bridgehead atoms. The van der Waals surface area contributed by atoms with E-state index in [0.717, 1.165) is 19.8 Å². The van der Waals surface area contributed by atoms with Gasteiger partial charge in [0.15, 0.2) is 0 Å². The SMILES string of the molecule is CC1(CNC2CC(C)(C)NC(C)(C)C2)COC1. The van der Waals surface area contributed by atoms with Gasteiger partial charge in [-0.1, -0.05) is 6.92 Å². The zero-order valence-electron chi connectivity index (χ0n) is 12.0. The van der Waals surface area contributed by atoms with Crippen LogP contribution in [0.25, 0.3) is 0 Å². The zero-order valence-corrected chi connectivity index (χ0v) is 12.0. The smallest absolute Gasteiger partial charge is 0.0554 e. The van der Waals surface area contributed by atoms with Crippen LogP contribution in [-0.2, 0) is 4.74 Å². The largest absolute Gasteiger partial charge is 0.380 e. The molecule has 0 aromatic rings. The molecule has 2 rings (SSSR count). The van der Waals surface area contributed by atoms with Crippen molar-refractivity contribution in [3.8, 4) is 0 Å². The van der Waals surface area contributed by atoms with Gasteiger partial charge in [-0.2, -0.15) is 0 Å². The molecule has 0 aromatic carbocycles. The summed E-state index contributed by atoms with van der Waals surface area (Å²) in [7, 11) is 0. The summed E-state index contributed by atoms with van der Waals surface area (Å²) in [5, 5.41) is 7.48. The van der Waals surface area contributed by atoms with E-state index in [4.69, 9.17) is 4.74 Å². The van der Waals surface area contributed by atoms with Gasteiger partial charge in [0.25, 0.3) is 0 Å². The van der Waals surface area contributed by atoms with E-state index in [1.165, 1.54) is 12.8 Å². The number of piperidine rings is 1. The predicted octanol–water partition coefficient (Wildman–Crippen LogP) is 1.92. The zero-order chi connectivity index (χ0) is 12.7. The standard InChI is InChI=1S/C14H28N2O/c1-12(2)6-11(7-13(3,4)16-12)15-8-14(5)9-17-10-14/h11,15-16H,6-10H2,1-5H3. The Kier molecular flexibility index (Phi) is 3.30. The Hall–Kier alpha value is -0.120. The van der Waals surface area contributed by atoms with Crippen LogP contribution in [-0.4, -0.2) is 36.9 Å². The van der Waals surface area contributed by atoms with Crippen molar-refractivity contribution in [1.82, 2.24) is 10.6 Å². The van der Waals surface area contributed by atoms with Crippen LogP contribution >= 0.6 is 0 Å². The van der Waals surface area contributed by atoms with Crippen LogP contribution in [0.2, 0.25) is 0 Å². The minimum absolute atomic E-state index is 0.233. The average molecular weight is 240 g/mol. The van der Waals surface area contributed by atoms with Crippen molar-refractivity contribution >= 4 is 0 Å². The molecule has 0 unspecified atom stereocenters. The van der Waals surface area contributed by atoms with Gasteiger partial charge >= 0.3 is 0 Å². The van der Waals surface area contributed by atoms with E-state index in [0.29, 0.717) is 11.5 Å². The molecule has 3 heteroatoms. The Morgan fingerprint density at radius 3 is 2.00 bits per heavy atom. The van der Waals surface area contributed by atoms with E-state index in [9.17, 15) is 0 Å². The molecule has 0 saturated carbocycles. The second-order valence-corrected chi connectivity index (χ2v) is 7.68. The third kappa shape index (κ3) is 3.43. The van der Waals surface area contributed by atoms with Crippen LogP contribution in [0.5, 0.6) is 0 Å². The summed E-state index contributed by atoms with van der Waals surface area (Å²) in [5.74, 6) is 0. The van der Waals surface area contributed by atoms with Crippen molar-refractivity contribution in [3.05, 3.63) is 0 Å². The molecule has 2 saturated heterocycles. The molecule has 0 atom stereocenters. The number of hydrogen-bond acceptors (Lipinski definition) is 3. The van der Waals surface area contributed by atoms with E-state index >= 15 is 0 Å². The fourth-order valence-electron chi connectivity index (χ4n) is 3.41. The van der Waals surface area contributed by atoms with E-state index in [2.05, 4.69) is 45.3 Å². The second kappa shape index (κ2) is 4.22. The molecular formula is C14H28N2O. The molecular weight excluding hydrogens is 212 g/mol. The van der Waals surface area contributed by atoms with E-state index < -0.39 is 0 Å². The van der Waals surface area contributed by atoms with E-state index in [1.54, 1.807) is 0 Å². The van der Waals surface area contributed by atoms with Crippen molar-refractivity contribution in [3.63, 3.8) is 0 Å². The van der Waals surface area contributed by atoms with Crippen molar-refractivity contribution < 1.29 is 4.74 Å². The van der Waals surface area contributed by atoms with Crippen molar-refractivity contribution in [2.45, 2.75) is 64.6 Å². The molecule has 0 aromatic heterocycles. The second-order valence-electron chi connectivity index (χ2n) is 7.68. The normalized spacial score (nSPS) is 30.9. The van der Waals surface area contributed by atoms with E-state index in [1.807, 2.05) is 0 Å². The lowest BCUT2D eigenvalue weighted by Crippen LogP contribution is -2.62. The van der Waals surface area contributed by atoms with Gasteiger partial charge in [0, 0.05) is 29.1 Å². The molecule has 0 radical (unpaired) electrons. The molecule has 2 aliphatic heterocycles. The van der Waals surface area contributed by atoms with Crippen LogP contribution in [0.15, 0.2) is 0 Å². The monoisotopic (exact) mass is 240 g/mol. The minimum Gasteiger partial charge on any atom is -0.380 e. The van der Waals surface area contributed by atoms with Gasteiger partial charge in [0.2, 0.25) is 0 Å². The Balaban J connectivity index is 1.87. The highest BCUT2D eigenvalue weighted by molar-refractivity contribution is 5.00. The van der Waals surface area contributed by atoms with Crippen molar-refractivity contribution in [1.29, 1.82) is 0 Å². The molecule has 2 aliphatic rings. The molecule has 17 heavy (non-hydrogen) atoms. The highest BCUT2D eigenvalue weighted by atomic mass is 16.5. The maximum Gasteiger partial charge on any atom is 0.0554 e. The molecule has 0 amide bonds. The summed E-state index contributed by atoms with van der Waals surface area (Å²) in [5.41, 5.74) is 0.839. The number of hydrogen-bond donors (Lipinski definition) is 2. The molecule has 2 heterocycles. The fraction of sp³-hybridized carbons (Fsp3) is 1.00. The third-order valence-electron chi connectivity index (χ3n) is 3.91. The fourth-order valence-corrected chi connectivity index (χ4v) is 3.41. The molecule has 100 valence electrons. The lowest BCUT2D eigenvalue weighted by atomic mass is 9.79. The lowest BCUT2D eigenvalue weighted by molar-refractivity contribution is -0.101. The third-order valence-corrected chi connectivity index (χ3v) is 3.91. The highest BCUT2D eigenvalue weighted by Gasteiger charge is 2.39. The first-order valence-corrected chi connectivity index (χ1v) is 6.80. The summed E-state index contributed by atoms with van der Waals surface area (Å²) in [4.78, 5) is 0. The number of ether oxygens (including phenoxy) is 1. The number of rotatable bonds is 3. The Bertz CT molecular complexity index is 266. The predicted molar refractivity (Wildman–Crippen MR) is 71.2 cm³/mol. The lowest BCUT2D eigenvalue weighted by Gasteiger charge is -2.48. The summed E-state index contributed by atoms with van der Waals surface area (Å²) in [6, 6.07) is 0.624. The first-order chi connectivity index (χ1) is 7.70. The van der Waals surface area contributed by atoms with Crippen molar-refractivity contribution in [2.75, 3.05) is 19.8 Å². The molecule has 2 fully saturated rings. The van der Waals surface area contributed by atoms with Crippen LogP contribution in [0.4, 0.5) is 0 Å². The topological polar surface area (TPSA) is 33.3 Å². The molecule has 0 spiro atoms. The van der Waals surface area contributed by atoms with Crippen molar-refractivity contribution in [2.24, 2.45) is 5.41 Å². The highest BCUT2D eigenvalue weighted by Crippen LogP contribution is 2.30. The van der Waals surface area contributed by atoms with Gasteiger partial charge in [0.05, 0.1) is 13.2 Å². The number of nitrogens with one attached hydrogen (secondary N) is 2. The maximum absolute atomic E-state index is 5.31. The van der Waals surface area contributed by atoms with Gasteiger partial charge in [-0.3, -0.25) is 0 Å². The van der Waals surface area contributed by atoms with Gasteiger partial charge in [0.1, 0.15) is 0 Å². The average Bonchev–Trinajstić information content (AvgIpc) is 2.06. The van der Waals surface area contributed by atoms with Gasteiger partial charge in [-0.15, -0.1) is 0 Å². The molecule has 3 nitrogen and oxygen atoms in total. The Labute approximate surface area is 106 Å². The Morgan fingerprint density at radius 2 is 1.59 bits per heavy atom. The molecule has 0 aliphatic carbocycles.